The van der Waals surface area contributed by atoms with Gasteiger partial charge in [-0.25, -0.2) is 4.98 Å². The molecule has 1 saturated heterocycles. The van der Waals surface area contributed by atoms with Gasteiger partial charge in [-0.2, -0.15) is 0 Å². The molecule has 0 radical (unpaired) electrons. The number of morpholine rings is 1. The van der Waals surface area contributed by atoms with Gasteiger partial charge < -0.3 is 29.7 Å². The summed E-state index contributed by atoms with van der Waals surface area (Å²) in [5.41, 5.74) is 1.09. The van der Waals surface area contributed by atoms with Gasteiger partial charge in [0.15, 0.2) is 17.5 Å². The number of hydrogen-bond donors (Lipinski definition) is 2. The number of guanidine groups is 1. The lowest BCUT2D eigenvalue weighted by Gasteiger charge is -2.32. The summed E-state index contributed by atoms with van der Waals surface area (Å²) < 4.78 is 16.9. The molecule has 0 amide bonds. The fourth-order valence-electron chi connectivity index (χ4n) is 3.36. The normalized spacial score (nSPS) is 17.7. The van der Waals surface area contributed by atoms with Gasteiger partial charge in [-0.05, 0) is 37.6 Å². The second-order valence-electron chi connectivity index (χ2n) is 7.54. The number of pyridine rings is 1. The molecule has 1 aliphatic heterocycles. The molecule has 0 aliphatic carbocycles. The van der Waals surface area contributed by atoms with Gasteiger partial charge in [0, 0.05) is 32.9 Å². The molecule has 168 valence electrons. The van der Waals surface area contributed by atoms with Crippen LogP contribution >= 0.6 is 0 Å². The lowest BCUT2D eigenvalue weighted by Crippen LogP contribution is -2.42. The molecule has 1 aromatic carbocycles. The summed E-state index contributed by atoms with van der Waals surface area (Å²) in [5, 5.41) is 6.61. The molecule has 0 spiro atoms. The van der Waals surface area contributed by atoms with E-state index in [1.54, 1.807) is 14.2 Å². The lowest BCUT2D eigenvalue weighted by molar-refractivity contribution is 0.0529. The van der Waals surface area contributed by atoms with Crippen LogP contribution in [0.5, 0.6) is 11.5 Å². The summed E-state index contributed by atoms with van der Waals surface area (Å²) >= 11 is 0. The first-order chi connectivity index (χ1) is 15.1. The van der Waals surface area contributed by atoms with E-state index in [2.05, 4.69) is 44.6 Å². The van der Waals surface area contributed by atoms with Crippen LogP contribution in [0.2, 0.25) is 0 Å². The number of para-hydroxylation sites is 2. The third kappa shape index (κ3) is 6.75. The Labute approximate surface area is 184 Å². The highest BCUT2D eigenvalue weighted by Gasteiger charge is 2.17. The van der Waals surface area contributed by atoms with Gasteiger partial charge in [-0.15, -0.1) is 0 Å². The number of aromatic nitrogens is 1. The quantitative estimate of drug-likeness (QED) is 0.495. The zero-order chi connectivity index (χ0) is 22.1. The minimum Gasteiger partial charge on any atom is -0.493 e. The maximum atomic E-state index is 5.98. The number of methoxy groups -OCH3 is 1. The molecule has 1 aliphatic rings. The van der Waals surface area contributed by atoms with E-state index < -0.39 is 0 Å². The first-order valence-electron chi connectivity index (χ1n) is 10.6. The van der Waals surface area contributed by atoms with Crippen molar-refractivity contribution >= 4 is 11.8 Å². The average molecular weight is 428 g/mol. The van der Waals surface area contributed by atoms with Crippen molar-refractivity contribution in [3.05, 3.63) is 48.2 Å². The van der Waals surface area contributed by atoms with E-state index in [-0.39, 0.29) is 12.2 Å². The van der Waals surface area contributed by atoms with E-state index in [0.29, 0.717) is 19.0 Å². The first kappa shape index (κ1) is 22.7. The van der Waals surface area contributed by atoms with Crippen molar-refractivity contribution in [3.63, 3.8) is 0 Å². The van der Waals surface area contributed by atoms with Crippen LogP contribution in [0.1, 0.15) is 19.4 Å². The molecular formula is C23H33N5O3. The zero-order valence-corrected chi connectivity index (χ0v) is 18.8. The van der Waals surface area contributed by atoms with Crippen LogP contribution in [0, 0.1) is 0 Å². The van der Waals surface area contributed by atoms with Crippen molar-refractivity contribution in [2.24, 2.45) is 4.99 Å². The van der Waals surface area contributed by atoms with Gasteiger partial charge in [0.25, 0.3) is 0 Å². The Bertz CT molecular complexity index is 843. The van der Waals surface area contributed by atoms with Crippen LogP contribution in [0.25, 0.3) is 0 Å². The van der Waals surface area contributed by atoms with Gasteiger partial charge in [0.2, 0.25) is 0 Å². The smallest absolute Gasteiger partial charge is 0.191 e. The van der Waals surface area contributed by atoms with E-state index in [9.17, 15) is 0 Å². The summed E-state index contributed by atoms with van der Waals surface area (Å²) in [4.78, 5) is 11.2. The van der Waals surface area contributed by atoms with E-state index in [1.165, 1.54) is 0 Å². The predicted octanol–water partition coefficient (Wildman–Crippen LogP) is 2.45. The molecule has 2 heterocycles. The molecule has 1 fully saturated rings. The Balaban J connectivity index is 1.44. The van der Waals surface area contributed by atoms with Gasteiger partial charge in [0.1, 0.15) is 11.9 Å². The predicted molar refractivity (Wildman–Crippen MR) is 123 cm³/mol. The molecule has 0 bridgehead atoms. The Morgan fingerprint density at radius 3 is 2.74 bits per heavy atom. The third-order valence-corrected chi connectivity index (χ3v) is 5.01. The minimum atomic E-state index is -0.0632. The second-order valence-corrected chi connectivity index (χ2v) is 7.54. The van der Waals surface area contributed by atoms with Crippen LogP contribution in [-0.2, 0) is 11.3 Å². The number of nitrogens with zero attached hydrogens (tertiary/aromatic N) is 3. The highest BCUT2D eigenvalue weighted by atomic mass is 16.5. The van der Waals surface area contributed by atoms with E-state index in [1.807, 2.05) is 37.4 Å². The number of benzene rings is 1. The number of ether oxygens (including phenoxy) is 3. The number of aliphatic imine (C=N–C) groups is 1. The van der Waals surface area contributed by atoms with Crippen molar-refractivity contribution in [2.75, 3.05) is 45.3 Å². The fraction of sp³-hybridized carbons (Fsp3) is 0.478. The fourth-order valence-corrected chi connectivity index (χ4v) is 3.36. The molecule has 2 aromatic rings. The van der Waals surface area contributed by atoms with E-state index in [4.69, 9.17) is 14.2 Å². The Morgan fingerprint density at radius 2 is 2.06 bits per heavy atom. The molecule has 2 N–H and O–H groups in total. The van der Waals surface area contributed by atoms with Crippen molar-refractivity contribution in [1.29, 1.82) is 0 Å². The SMILES string of the molecule is CN=C(NCc1ccc(N2CCOC(C)C2)nc1)NCC(C)Oc1ccccc1OC. The number of hydrogen-bond acceptors (Lipinski definition) is 6. The first-order valence-corrected chi connectivity index (χ1v) is 10.6. The van der Waals surface area contributed by atoms with Gasteiger partial charge in [-0.1, -0.05) is 18.2 Å². The molecule has 3 rings (SSSR count). The number of anilines is 1. The maximum absolute atomic E-state index is 5.98. The number of nitrogens with one attached hydrogen (secondary N) is 2. The van der Waals surface area contributed by atoms with Gasteiger partial charge in [0.05, 0.1) is 26.4 Å². The van der Waals surface area contributed by atoms with Crippen LogP contribution in [0.15, 0.2) is 47.6 Å². The zero-order valence-electron chi connectivity index (χ0n) is 18.8. The summed E-state index contributed by atoms with van der Waals surface area (Å²) in [6.45, 7) is 7.82. The largest absolute Gasteiger partial charge is 0.493 e. The molecule has 8 heteroatoms. The minimum absolute atomic E-state index is 0.0632. The summed E-state index contributed by atoms with van der Waals surface area (Å²) in [7, 11) is 3.39. The van der Waals surface area contributed by atoms with Crippen LogP contribution < -0.4 is 25.0 Å². The molecule has 8 nitrogen and oxygen atoms in total. The van der Waals surface area contributed by atoms with Gasteiger partial charge >= 0.3 is 0 Å². The molecule has 31 heavy (non-hydrogen) atoms. The maximum Gasteiger partial charge on any atom is 0.191 e. The van der Waals surface area contributed by atoms with Crippen molar-refractivity contribution in [1.82, 2.24) is 15.6 Å². The molecule has 2 atom stereocenters. The summed E-state index contributed by atoms with van der Waals surface area (Å²) in [6.07, 6.45) is 2.08. The van der Waals surface area contributed by atoms with Gasteiger partial charge in [-0.3, -0.25) is 4.99 Å². The molecule has 2 unspecified atom stereocenters. The lowest BCUT2D eigenvalue weighted by atomic mass is 10.2. The Hall–Kier alpha value is -3.00. The summed E-state index contributed by atoms with van der Waals surface area (Å²) in [5.74, 6) is 3.15. The Kier molecular flexibility index (Phi) is 8.35. The molecule has 0 saturated carbocycles. The third-order valence-electron chi connectivity index (χ3n) is 5.01. The van der Waals surface area contributed by atoms with Crippen LogP contribution in [0.3, 0.4) is 0 Å². The van der Waals surface area contributed by atoms with Crippen molar-refractivity contribution < 1.29 is 14.2 Å². The Morgan fingerprint density at radius 1 is 1.26 bits per heavy atom. The van der Waals surface area contributed by atoms with Crippen molar-refractivity contribution in [3.8, 4) is 11.5 Å². The topological polar surface area (TPSA) is 80.2 Å². The van der Waals surface area contributed by atoms with Crippen LogP contribution in [-0.4, -0.2) is 63.6 Å². The number of rotatable bonds is 8. The highest BCUT2D eigenvalue weighted by molar-refractivity contribution is 5.79. The van der Waals surface area contributed by atoms with Crippen LogP contribution in [0.4, 0.5) is 5.82 Å². The molecular weight excluding hydrogens is 394 g/mol. The van der Waals surface area contributed by atoms with E-state index in [0.717, 1.165) is 42.6 Å². The second kappa shape index (κ2) is 11.4. The molecule has 1 aromatic heterocycles. The van der Waals surface area contributed by atoms with Crippen molar-refractivity contribution in [2.45, 2.75) is 32.6 Å². The average Bonchev–Trinajstić information content (AvgIpc) is 2.80. The monoisotopic (exact) mass is 427 g/mol. The standard InChI is InChI=1S/C23H33N5O3/c1-17(31-21-8-6-5-7-20(21)29-4)13-26-23(24-3)27-15-19-9-10-22(25-14-19)28-11-12-30-18(2)16-28/h5-10,14,17-18H,11-13,15-16H2,1-4H3,(H2,24,26,27). The van der Waals surface area contributed by atoms with E-state index >= 15 is 0 Å². The summed E-state index contributed by atoms with van der Waals surface area (Å²) in [6, 6.07) is 11.8. The highest BCUT2D eigenvalue weighted by Crippen LogP contribution is 2.26.